The van der Waals surface area contributed by atoms with Gasteiger partial charge in [-0.15, -0.1) is 0 Å². The van der Waals surface area contributed by atoms with Gasteiger partial charge in [0.2, 0.25) is 0 Å². The Morgan fingerprint density at radius 2 is 1.33 bits per heavy atom. The molecule has 0 N–H and O–H groups in total. The molecule has 1 aromatic rings. The van der Waals surface area contributed by atoms with Crippen molar-refractivity contribution in [3.63, 3.8) is 0 Å². The summed E-state index contributed by atoms with van der Waals surface area (Å²) in [7, 11) is 0. The first kappa shape index (κ1) is 18.1. The highest BCUT2D eigenvalue weighted by Crippen LogP contribution is 2.41. The van der Waals surface area contributed by atoms with Crippen molar-refractivity contribution in [3.05, 3.63) is 29.3 Å². The molecule has 0 bridgehead atoms. The Morgan fingerprint density at radius 1 is 0.810 bits per heavy atom. The second-order valence-electron chi connectivity index (χ2n) is 6.68. The fourth-order valence-electron chi connectivity index (χ4n) is 2.96. The van der Waals surface area contributed by atoms with Gasteiger partial charge in [-0.2, -0.15) is 0 Å². The SMILES string of the molecule is CCOc1cc(C(C)(CC)CC)ccc1C(C)(CC)CC. The largest absolute Gasteiger partial charge is 0.494 e. The van der Waals surface area contributed by atoms with E-state index in [1.807, 2.05) is 0 Å². The quantitative estimate of drug-likeness (QED) is 0.550. The van der Waals surface area contributed by atoms with Crippen LogP contribution < -0.4 is 4.74 Å². The van der Waals surface area contributed by atoms with Gasteiger partial charge in [-0.1, -0.05) is 53.7 Å². The molecule has 0 aromatic heterocycles. The van der Waals surface area contributed by atoms with E-state index in [0.29, 0.717) is 0 Å². The fourth-order valence-corrected chi connectivity index (χ4v) is 2.96. The molecule has 1 heteroatoms. The zero-order valence-corrected chi connectivity index (χ0v) is 15.2. The maximum absolute atomic E-state index is 6.01. The van der Waals surface area contributed by atoms with Gasteiger partial charge in [0, 0.05) is 5.56 Å². The Bertz CT molecular complexity index is 439. The van der Waals surface area contributed by atoms with E-state index in [-0.39, 0.29) is 10.8 Å². The van der Waals surface area contributed by atoms with Crippen LogP contribution in [0.15, 0.2) is 18.2 Å². The van der Waals surface area contributed by atoms with Gasteiger partial charge in [0.05, 0.1) is 6.61 Å². The van der Waals surface area contributed by atoms with Crippen molar-refractivity contribution in [2.45, 2.75) is 85.0 Å². The predicted molar refractivity (Wildman–Crippen MR) is 93.5 cm³/mol. The van der Waals surface area contributed by atoms with E-state index < -0.39 is 0 Å². The van der Waals surface area contributed by atoms with Crippen molar-refractivity contribution in [3.8, 4) is 5.75 Å². The molecule has 0 amide bonds. The Morgan fingerprint density at radius 3 is 1.76 bits per heavy atom. The molecule has 0 atom stereocenters. The summed E-state index contributed by atoms with van der Waals surface area (Å²) in [6, 6.07) is 6.95. The third-order valence-electron chi connectivity index (χ3n) is 5.75. The number of hydrogen-bond acceptors (Lipinski definition) is 1. The normalized spacial score (nSPS) is 12.5. The Labute approximate surface area is 132 Å². The number of hydrogen-bond donors (Lipinski definition) is 0. The average Bonchev–Trinajstić information content (AvgIpc) is 2.53. The lowest BCUT2D eigenvalue weighted by atomic mass is 9.74. The van der Waals surface area contributed by atoms with Gasteiger partial charge in [0.15, 0.2) is 0 Å². The molecule has 0 fully saturated rings. The molecule has 1 nitrogen and oxygen atoms in total. The standard InChI is InChI=1S/C20H34O/c1-8-19(6,9-2)16-13-14-17(18(15-16)21-12-5)20(7,10-3)11-4/h13-15H,8-12H2,1-7H3. The molecule has 0 spiro atoms. The third kappa shape index (κ3) is 3.62. The first-order valence-electron chi connectivity index (χ1n) is 8.68. The molecule has 0 heterocycles. The lowest BCUT2D eigenvalue weighted by Gasteiger charge is -2.32. The molecule has 0 radical (unpaired) electrons. The minimum atomic E-state index is 0.206. The summed E-state index contributed by atoms with van der Waals surface area (Å²) in [4.78, 5) is 0. The zero-order chi connectivity index (χ0) is 16.1. The highest BCUT2D eigenvalue weighted by atomic mass is 16.5. The summed E-state index contributed by atoms with van der Waals surface area (Å²) >= 11 is 0. The van der Waals surface area contributed by atoms with Crippen molar-refractivity contribution < 1.29 is 4.74 Å². The van der Waals surface area contributed by atoms with Crippen molar-refractivity contribution >= 4 is 0 Å². The molecular weight excluding hydrogens is 256 g/mol. The topological polar surface area (TPSA) is 9.23 Å². The highest BCUT2D eigenvalue weighted by molar-refractivity contribution is 5.44. The Kier molecular flexibility index (Phi) is 6.31. The molecule has 0 aliphatic heterocycles. The van der Waals surface area contributed by atoms with Crippen molar-refractivity contribution in [2.24, 2.45) is 0 Å². The van der Waals surface area contributed by atoms with Crippen LogP contribution in [0.3, 0.4) is 0 Å². The van der Waals surface area contributed by atoms with Crippen molar-refractivity contribution in [1.29, 1.82) is 0 Å². The molecule has 120 valence electrons. The van der Waals surface area contributed by atoms with Crippen molar-refractivity contribution in [1.82, 2.24) is 0 Å². The van der Waals surface area contributed by atoms with Crippen LogP contribution in [-0.4, -0.2) is 6.61 Å². The summed E-state index contributed by atoms with van der Waals surface area (Å²) in [6.07, 6.45) is 4.60. The van der Waals surface area contributed by atoms with Crippen LogP contribution >= 0.6 is 0 Å². The number of ether oxygens (including phenoxy) is 1. The zero-order valence-electron chi connectivity index (χ0n) is 15.2. The lowest BCUT2D eigenvalue weighted by Crippen LogP contribution is -2.23. The minimum absolute atomic E-state index is 0.206. The summed E-state index contributed by atoms with van der Waals surface area (Å²) in [6.45, 7) is 16.6. The van der Waals surface area contributed by atoms with E-state index in [4.69, 9.17) is 4.74 Å². The van der Waals surface area contributed by atoms with E-state index in [1.54, 1.807) is 0 Å². The Hall–Kier alpha value is -0.980. The smallest absolute Gasteiger partial charge is 0.123 e. The van der Waals surface area contributed by atoms with Crippen LogP contribution in [-0.2, 0) is 10.8 Å². The Balaban J connectivity index is 3.37. The van der Waals surface area contributed by atoms with E-state index in [1.165, 1.54) is 11.1 Å². The summed E-state index contributed by atoms with van der Waals surface area (Å²) in [5.41, 5.74) is 3.23. The first-order valence-corrected chi connectivity index (χ1v) is 8.68. The summed E-state index contributed by atoms with van der Waals surface area (Å²) < 4.78 is 6.01. The molecule has 0 saturated carbocycles. The number of benzene rings is 1. The fraction of sp³-hybridized carbons (Fsp3) is 0.700. The molecule has 0 saturated heterocycles. The molecule has 1 rings (SSSR count). The second-order valence-corrected chi connectivity index (χ2v) is 6.68. The summed E-state index contributed by atoms with van der Waals surface area (Å²) in [5.74, 6) is 1.09. The molecule has 1 aromatic carbocycles. The molecular formula is C20H34O. The number of rotatable bonds is 8. The molecule has 0 aliphatic rings. The van der Waals surface area contributed by atoms with Crippen LogP contribution in [0.25, 0.3) is 0 Å². The predicted octanol–water partition coefficient (Wildman–Crippen LogP) is 6.24. The van der Waals surface area contributed by atoms with E-state index >= 15 is 0 Å². The van der Waals surface area contributed by atoms with Crippen LogP contribution in [0, 0.1) is 0 Å². The van der Waals surface area contributed by atoms with Gasteiger partial charge in [0.1, 0.15) is 5.75 Å². The molecule has 0 unspecified atom stereocenters. The van der Waals surface area contributed by atoms with Crippen molar-refractivity contribution in [2.75, 3.05) is 6.61 Å². The van der Waals surface area contributed by atoms with Gasteiger partial charge in [-0.25, -0.2) is 0 Å². The lowest BCUT2D eigenvalue weighted by molar-refractivity contribution is 0.318. The van der Waals surface area contributed by atoms with Gasteiger partial charge in [-0.3, -0.25) is 0 Å². The molecule has 0 aliphatic carbocycles. The van der Waals surface area contributed by atoms with E-state index in [9.17, 15) is 0 Å². The monoisotopic (exact) mass is 290 g/mol. The van der Waals surface area contributed by atoms with Gasteiger partial charge < -0.3 is 4.74 Å². The molecule has 21 heavy (non-hydrogen) atoms. The first-order chi connectivity index (χ1) is 9.90. The van der Waals surface area contributed by atoms with Crippen LogP contribution in [0.5, 0.6) is 5.75 Å². The van der Waals surface area contributed by atoms with Gasteiger partial charge in [-0.05, 0) is 55.1 Å². The van der Waals surface area contributed by atoms with Crippen LogP contribution in [0.4, 0.5) is 0 Å². The summed E-state index contributed by atoms with van der Waals surface area (Å²) in [5, 5.41) is 0. The van der Waals surface area contributed by atoms with Crippen LogP contribution in [0.1, 0.15) is 85.3 Å². The highest BCUT2D eigenvalue weighted by Gasteiger charge is 2.29. The van der Waals surface area contributed by atoms with E-state index in [0.717, 1.165) is 38.0 Å². The third-order valence-corrected chi connectivity index (χ3v) is 5.75. The van der Waals surface area contributed by atoms with E-state index in [2.05, 4.69) is 66.7 Å². The second kappa shape index (κ2) is 7.33. The minimum Gasteiger partial charge on any atom is -0.494 e. The maximum Gasteiger partial charge on any atom is 0.123 e. The maximum atomic E-state index is 6.01. The van der Waals surface area contributed by atoms with Gasteiger partial charge >= 0.3 is 0 Å². The average molecular weight is 290 g/mol. The van der Waals surface area contributed by atoms with Crippen LogP contribution in [0.2, 0.25) is 0 Å². The van der Waals surface area contributed by atoms with Gasteiger partial charge in [0.25, 0.3) is 0 Å².